The molecule has 1 N–H and O–H groups in total. The van der Waals surface area contributed by atoms with E-state index in [4.69, 9.17) is 11.6 Å². The van der Waals surface area contributed by atoms with E-state index in [2.05, 4.69) is 40.1 Å². The van der Waals surface area contributed by atoms with Crippen LogP contribution in [0, 0.1) is 0 Å². The number of hydrogen-bond acceptors (Lipinski definition) is 2. The molecule has 0 radical (unpaired) electrons. The summed E-state index contributed by atoms with van der Waals surface area (Å²) >= 11 is 9.46. The zero-order valence-corrected chi connectivity index (χ0v) is 12.1. The molecular formula is C12H18BrClN2. The summed E-state index contributed by atoms with van der Waals surface area (Å²) in [7, 11) is 2.12. The van der Waals surface area contributed by atoms with Crippen LogP contribution in [0.25, 0.3) is 0 Å². The molecule has 0 atom stereocenters. The first kappa shape index (κ1) is 14.0. The average molecular weight is 306 g/mol. The lowest BCUT2D eigenvalue weighted by Crippen LogP contribution is -2.28. The third-order valence-electron chi connectivity index (χ3n) is 2.53. The molecule has 4 heteroatoms. The van der Waals surface area contributed by atoms with Crippen molar-refractivity contribution in [2.24, 2.45) is 0 Å². The molecule has 0 amide bonds. The molecule has 1 aromatic rings. The van der Waals surface area contributed by atoms with Crippen LogP contribution in [-0.4, -0.2) is 31.6 Å². The van der Waals surface area contributed by atoms with E-state index < -0.39 is 0 Å². The van der Waals surface area contributed by atoms with Gasteiger partial charge in [-0.25, -0.2) is 0 Å². The van der Waals surface area contributed by atoms with Crippen LogP contribution in [0.15, 0.2) is 22.7 Å². The van der Waals surface area contributed by atoms with Gasteiger partial charge in [0.1, 0.15) is 0 Å². The average Bonchev–Trinajstić information content (AvgIpc) is 2.28. The number of nitrogens with one attached hydrogen (secondary N) is 1. The lowest BCUT2D eigenvalue weighted by atomic mass is 10.2. The molecule has 1 rings (SSSR count). The van der Waals surface area contributed by atoms with Crippen molar-refractivity contribution in [3.63, 3.8) is 0 Å². The second-order valence-electron chi connectivity index (χ2n) is 3.81. The van der Waals surface area contributed by atoms with Crippen LogP contribution in [0.4, 0.5) is 0 Å². The summed E-state index contributed by atoms with van der Waals surface area (Å²) in [6.45, 7) is 6.15. The normalized spacial score (nSPS) is 11.1. The van der Waals surface area contributed by atoms with Crippen molar-refractivity contribution in [2.75, 3.05) is 26.7 Å². The Kier molecular flexibility index (Phi) is 6.36. The zero-order chi connectivity index (χ0) is 12.0. The Morgan fingerprint density at radius 2 is 2.19 bits per heavy atom. The van der Waals surface area contributed by atoms with Crippen molar-refractivity contribution >= 4 is 27.5 Å². The summed E-state index contributed by atoms with van der Waals surface area (Å²) in [6, 6.07) is 5.86. The molecule has 0 aliphatic heterocycles. The predicted molar refractivity (Wildman–Crippen MR) is 74.0 cm³/mol. The van der Waals surface area contributed by atoms with Crippen LogP contribution < -0.4 is 5.32 Å². The van der Waals surface area contributed by atoms with Crippen LogP contribution in [0.2, 0.25) is 5.02 Å². The van der Waals surface area contributed by atoms with Gasteiger partial charge in [0, 0.05) is 29.1 Å². The molecule has 1 aromatic carbocycles. The molecule has 0 saturated heterocycles. The topological polar surface area (TPSA) is 15.3 Å². The lowest BCUT2D eigenvalue weighted by molar-refractivity contribution is 0.349. The molecule has 0 spiro atoms. The van der Waals surface area contributed by atoms with E-state index in [1.807, 2.05) is 18.2 Å². The molecule has 0 aliphatic rings. The third-order valence-corrected chi connectivity index (χ3v) is 3.54. The minimum absolute atomic E-state index is 0.783. The van der Waals surface area contributed by atoms with Gasteiger partial charge in [-0.3, -0.25) is 0 Å². The van der Waals surface area contributed by atoms with Crippen molar-refractivity contribution in [1.29, 1.82) is 0 Å². The summed E-state index contributed by atoms with van der Waals surface area (Å²) in [5.74, 6) is 0. The first-order valence-corrected chi connectivity index (χ1v) is 6.63. The molecular weight excluding hydrogens is 288 g/mol. The Labute approximate surface area is 111 Å². The van der Waals surface area contributed by atoms with E-state index in [1.165, 1.54) is 5.56 Å². The number of nitrogens with zero attached hydrogens (tertiary/aromatic N) is 1. The minimum atomic E-state index is 0.783. The van der Waals surface area contributed by atoms with Gasteiger partial charge in [-0.2, -0.15) is 0 Å². The summed E-state index contributed by atoms with van der Waals surface area (Å²) in [5, 5.41) is 4.19. The molecule has 0 bridgehead atoms. The quantitative estimate of drug-likeness (QED) is 0.812. The summed E-state index contributed by atoms with van der Waals surface area (Å²) in [6.07, 6.45) is 0. The second kappa shape index (κ2) is 7.28. The van der Waals surface area contributed by atoms with Crippen LogP contribution in [0.5, 0.6) is 0 Å². The van der Waals surface area contributed by atoms with E-state index in [0.29, 0.717) is 0 Å². The van der Waals surface area contributed by atoms with Gasteiger partial charge in [0.2, 0.25) is 0 Å². The maximum Gasteiger partial charge on any atom is 0.0410 e. The maximum atomic E-state index is 5.95. The Morgan fingerprint density at radius 1 is 1.44 bits per heavy atom. The highest BCUT2D eigenvalue weighted by atomic mass is 79.9. The van der Waals surface area contributed by atoms with E-state index in [-0.39, 0.29) is 0 Å². The Bertz CT molecular complexity index is 331. The first-order chi connectivity index (χ1) is 7.63. The van der Waals surface area contributed by atoms with Gasteiger partial charge >= 0.3 is 0 Å². The SMILES string of the molecule is CCN(C)CCNCc1cc(Cl)ccc1Br. The summed E-state index contributed by atoms with van der Waals surface area (Å²) < 4.78 is 1.10. The van der Waals surface area contributed by atoms with E-state index in [9.17, 15) is 0 Å². The third kappa shape index (κ3) is 4.83. The second-order valence-corrected chi connectivity index (χ2v) is 5.10. The van der Waals surface area contributed by atoms with Crippen molar-refractivity contribution < 1.29 is 0 Å². The molecule has 0 aromatic heterocycles. The van der Waals surface area contributed by atoms with Gasteiger partial charge in [-0.1, -0.05) is 34.5 Å². The molecule has 90 valence electrons. The van der Waals surface area contributed by atoms with E-state index in [0.717, 1.165) is 35.7 Å². The molecule has 0 aliphatic carbocycles. The first-order valence-electron chi connectivity index (χ1n) is 5.46. The van der Waals surface area contributed by atoms with Crippen molar-refractivity contribution in [3.8, 4) is 0 Å². The lowest BCUT2D eigenvalue weighted by Gasteiger charge is -2.14. The number of benzene rings is 1. The highest BCUT2D eigenvalue weighted by molar-refractivity contribution is 9.10. The van der Waals surface area contributed by atoms with Crippen LogP contribution in [0.1, 0.15) is 12.5 Å². The van der Waals surface area contributed by atoms with E-state index in [1.54, 1.807) is 0 Å². The van der Waals surface area contributed by atoms with Gasteiger partial charge < -0.3 is 10.2 Å². The Hall–Kier alpha value is -0.0900. The fraction of sp³-hybridized carbons (Fsp3) is 0.500. The minimum Gasteiger partial charge on any atom is -0.311 e. The smallest absolute Gasteiger partial charge is 0.0410 e. The van der Waals surface area contributed by atoms with Gasteiger partial charge in [0.25, 0.3) is 0 Å². The fourth-order valence-electron chi connectivity index (χ4n) is 1.33. The van der Waals surface area contributed by atoms with Gasteiger partial charge in [-0.05, 0) is 37.4 Å². The monoisotopic (exact) mass is 304 g/mol. The van der Waals surface area contributed by atoms with Crippen molar-refractivity contribution in [3.05, 3.63) is 33.3 Å². The number of hydrogen-bond donors (Lipinski definition) is 1. The molecule has 2 nitrogen and oxygen atoms in total. The fourth-order valence-corrected chi connectivity index (χ4v) is 1.91. The molecule has 0 fully saturated rings. The van der Waals surface area contributed by atoms with Gasteiger partial charge in [-0.15, -0.1) is 0 Å². The highest BCUT2D eigenvalue weighted by Gasteiger charge is 2.00. The summed E-state index contributed by atoms with van der Waals surface area (Å²) in [5.41, 5.74) is 1.20. The number of halogens is 2. The largest absolute Gasteiger partial charge is 0.311 e. The van der Waals surface area contributed by atoms with E-state index >= 15 is 0 Å². The maximum absolute atomic E-state index is 5.95. The number of likely N-dealkylation sites (N-methyl/N-ethyl adjacent to an activating group) is 1. The molecule has 0 unspecified atom stereocenters. The van der Waals surface area contributed by atoms with Crippen molar-refractivity contribution in [1.82, 2.24) is 10.2 Å². The number of rotatable bonds is 6. The molecule has 0 heterocycles. The standard InChI is InChI=1S/C12H18BrClN2/c1-3-16(2)7-6-15-9-10-8-11(14)4-5-12(10)13/h4-5,8,15H,3,6-7,9H2,1-2H3. The summed E-state index contributed by atoms with van der Waals surface area (Å²) in [4.78, 5) is 2.28. The van der Waals surface area contributed by atoms with Crippen LogP contribution in [-0.2, 0) is 6.54 Å². The zero-order valence-electron chi connectivity index (χ0n) is 9.76. The Balaban J connectivity index is 2.34. The van der Waals surface area contributed by atoms with Gasteiger partial charge in [0.05, 0.1) is 0 Å². The molecule has 16 heavy (non-hydrogen) atoms. The van der Waals surface area contributed by atoms with Crippen molar-refractivity contribution in [2.45, 2.75) is 13.5 Å². The predicted octanol–water partition coefficient (Wildman–Crippen LogP) is 3.14. The Morgan fingerprint density at radius 3 is 2.88 bits per heavy atom. The van der Waals surface area contributed by atoms with Crippen LogP contribution in [0.3, 0.4) is 0 Å². The molecule has 0 saturated carbocycles. The van der Waals surface area contributed by atoms with Crippen LogP contribution >= 0.6 is 27.5 Å². The van der Waals surface area contributed by atoms with Gasteiger partial charge in [0.15, 0.2) is 0 Å². The highest BCUT2D eigenvalue weighted by Crippen LogP contribution is 2.20.